The van der Waals surface area contributed by atoms with Crippen LogP contribution < -0.4 is 10.5 Å². The Balaban J connectivity index is 1.43. The number of hydrogen-bond donors (Lipinski definition) is 1. The van der Waals surface area contributed by atoms with Gasteiger partial charge in [0.25, 0.3) is 5.91 Å². The van der Waals surface area contributed by atoms with Gasteiger partial charge in [0.2, 0.25) is 0 Å². The van der Waals surface area contributed by atoms with Gasteiger partial charge in [-0.1, -0.05) is 12.1 Å². The molecule has 1 fully saturated rings. The van der Waals surface area contributed by atoms with Crippen molar-refractivity contribution in [1.29, 1.82) is 0 Å². The molecule has 134 valence electrons. The van der Waals surface area contributed by atoms with Gasteiger partial charge < -0.3 is 19.8 Å². The second kappa shape index (κ2) is 7.17. The lowest BCUT2D eigenvalue weighted by molar-refractivity contribution is 0.0714. The van der Waals surface area contributed by atoms with E-state index >= 15 is 0 Å². The van der Waals surface area contributed by atoms with Crippen molar-refractivity contribution in [2.75, 3.05) is 13.1 Å². The average Bonchev–Trinajstić information content (AvgIpc) is 3.10. The van der Waals surface area contributed by atoms with Crippen molar-refractivity contribution in [3.05, 3.63) is 66.1 Å². The molecular formula is C20H22N4O2. The molecule has 0 aliphatic carbocycles. The van der Waals surface area contributed by atoms with E-state index < -0.39 is 0 Å². The van der Waals surface area contributed by atoms with Crippen molar-refractivity contribution in [3.63, 3.8) is 0 Å². The lowest BCUT2D eigenvalue weighted by atomic mass is 10.0. The van der Waals surface area contributed by atoms with Crippen LogP contribution in [0.1, 0.15) is 28.9 Å². The molecule has 0 spiro atoms. The zero-order valence-electron chi connectivity index (χ0n) is 14.5. The minimum Gasteiger partial charge on any atom is -0.487 e. The highest BCUT2D eigenvalue weighted by Gasteiger charge is 2.21. The zero-order valence-corrected chi connectivity index (χ0v) is 14.5. The Bertz CT molecular complexity index is 880. The molecule has 4 rings (SSSR count). The third-order valence-electron chi connectivity index (χ3n) is 4.71. The number of pyridine rings is 1. The summed E-state index contributed by atoms with van der Waals surface area (Å²) in [7, 11) is 0. The van der Waals surface area contributed by atoms with E-state index in [-0.39, 0.29) is 11.9 Å². The molecule has 0 unspecified atom stereocenters. The number of ether oxygens (including phenoxy) is 1. The highest BCUT2D eigenvalue weighted by Crippen LogP contribution is 2.18. The number of nitrogens with two attached hydrogens (primary N) is 1. The molecular weight excluding hydrogens is 328 g/mol. The van der Waals surface area contributed by atoms with E-state index in [1.165, 1.54) is 0 Å². The molecule has 1 aliphatic rings. The van der Waals surface area contributed by atoms with Crippen LogP contribution in [0, 0.1) is 0 Å². The highest BCUT2D eigenvalue weighted by atomic mass is 16.5. The number of aromatic nitrogens is 2. The smallest absolute Gasteiger partial charge is 0.253 e. The van der Waals surface area contributed by atoms with Gasteiger partial charge in [-0.25, -0.2) is 4.98 Å². The maximum Gasteiger partial charge on any atom is 0.253 e. The first-order valence-electron chi connectivity index (χ1n) is 8.89. The molecule has 3 aromatic rings. The summed E-state index contributed by atoms with van der Waals surface area (Å²) in [5.74, 6) is 0.705. The number of benzene rings is 1. The van der Waals surface area contributed by atoms with Gasteiger partial charge in [0.15, 0.2) is 0 Å². The molecule has 3 heterocycles. The maximum atomic E-state index is 12.7. The van der Waals surface area contributed by atoms with Gasteiger partial charge in [-0.2, -0.15) is 0 Å². The molecule has 26 heavy (non-hydrogen) atoms. The summed E-state index contributed by atoms with van der Waals surface area (Å²) < 4.78 is 7.81. The molecule has 1 aromatic carbocycles. The highest BCUT2D eigenvalue weighted by molar-refractivity contribution is 5.94. The molecule has 0 saturated carbocycles. The summed E-state index contributed by atoms with van der Waals surface area (Å²) in [5.41, 5.74) is 8.30. The molecule has 1 saturated heterocycles. The Morgan fingerprint density at radius 1 is 1.19 bits per heavy atom. The number of fused-ring (bicyclic) bond motifs is 1. The van der Waals surface area contributed by atoms with Gasteiger partial charge in [0.05, 0.1) is 5.69 Å². The van der Waals surface area contributed by atoms with Crippen LogP contribution >= 0.6 is 0 Å². The van der Waals surface area contributed by atoms with Crippen LogP contribution in [0.25, 0.3) is 5.65 Å². The van der Waals surface area contributed by atoms with Gasteiger partial charge in [-0.15, -0.1) is 0 Å². The Hall–Kier alpha value is -2.86. The van der Waals surface area contributed by atoms with Crippen molar-refractivity contribution in [3.8, 4) is 5.75 Å². The fourth-order valence-corrected chi connectivity index (χ4v) is 3.22. The van der Waals surface area contributed by atoms with Crippen LogP contribution in [0.15, 0.2) is 54.9 Å². The van der Waals surface area contributed by atoms with Gasteiger partial charge in [0.1, 0.15) is 18.0 Å². The van der Waals surface area contributed by atoms with Gasteiger partial charge in [-0.3, -0.25) is 4.79 Å². The molecule has 6 heteroatoms. The SMILES string of the molecule is NC1CCN(C(=O)c2cccc(OCc3cn4ccccc4n3)c2)CC1. The van der Waals surface area contributed by atoms with Crippen LogP contribution in [0.4, 0.5) is 0 Å². The van der Waals surface area contributed by atoms with E-state index in [4.69, 9.17) is 10.5 Å². The third-order valence-corrected chi connectivity index (χ3v) is 4.71. The van der Waals surface area contributed by atoms with Crippen molar-refractivity contribution < 1.29 is 9.53 Å². The van der Waals surface area contributed by atoms with E-state index in [2.05, 4.69) is 4.98 Å². The predicted molar refractivity (Wildman–Crippen MR) is 99.1 cm³/mol. The Morgan fingerprint density at radius 3 is 2.85 bits per heavy atom. The van der Waals surface area contributed by atoms with Crippen molar-refractivity contribution in [2.45, 2.75) is 25.5 Å². The zero-order chi connectivity index (χ0) is 17.9. The fraction of sp³-hybridized carbons (Fsp3) is 0.300. The molecule has 2 N–H and O–H groups in total. The summed E-state index contributed by atoms with van der Waals surface area (Å²) in [6, 6.07) is 13.4. The van der Waals surface area contributed by atoms with Gasteiger partial charge >= 0.3 is 0 Å². The molecule has 0 bridgehead atoms. The van der Waals surface area contributed by atoms with Crippen LogP contribution in [-0.4, -0.2) is 39.3 Å². The second-order valence-corrected chi connectivity index (χ2v) is 6.64. The summed E-state index contributed by atoms with van der Waals surface area (Å²) >= 11 is 0. The van der Waals surface area contributed by atoms with E-state index in [1.54, 1.807) is 6.07 Å². The number of imidazole rings is 1. The number of likely N-dealkylation sites (tertiary alicyclic amines) is 1. The predicted octanol–water partition coefficient (Wildman–Crippen LogP) is 2.48. The van der Waals surface area contributed by atoms with Crippen molar-refractivity contribution in [1.82, 2.24) is 14.3 Å². The third kappa shape index (κ3) is 3.55. The number of amides is 1. The fourth-order valence-electron chi connectivity index (χ4n) is 3.22. The number of carbonyl (C=O) groups excluding carboxylic acids is 1. The number of nitrogens with zero attached hydrogens (tertiary/aromatic N) is 3. The van der Waals surface area contributed by atoms with Crippen LogP contribution in [-0.2, 0) is 6.61 Å². The number of piperidine rings is 1. The first-order chi connectivity index (χ1) is 12.7. The molecule has 1 amide bonds. The van der Waals surface area contributed by atoms with Crippen LogP contribution in [0.2, 0.25) is 0 Å². The monoisotopic (exact) mass is 350 g/mol. The van der Waals surface area contributed by atoms with Crippen LogP contribution in [0.5, 0.6) is 5.75 Å². The lowest BCUT2D eigenvalue weighted by Gasteiger charge is -2.30. The van der Waals surface area contributed by atoms with E-state index in [0.29, 0.717) is 31.0 Å². The molecule has 0 atom stereocenters. The van der Waals surface area contributed by atoms with E-state index in [9.17, 15) is 4.79 Å². The van der Waals surface area contributed by atoms with Crippen molar-refractivity contribution in [2.24, 2.45) is 5.73 Å². The number of rotatable bonds is 4. The first-order valence-corrected chi connectivity index (χ1v) is 8.89. The van der Waals surface area contributed by atoms with Crippen molar-refractivity contribution >= 4 is 11.6 Å². The summed E-state index contributed by atoms with van der Waals surface area (Å²) in [6.07, 6.45) is 5.61. The number of carbonyl (C=O) groups is 1. The minimum atomic E-state index is 0.0371. The quantitative estimate of drug-likeness (QED) is 0.784. The van der Waals surface area contributed by atoms with E-state index in [1.807, 2.05) is 58.1 Å². The molecule has 2 aromatic heterocycles. The average molecular weight is 350 g/mol. The molecule has 0 radical (unpaired) electrons. The Kier molecular flexibility index (Phi) is 4.58. The lowest BCUT2D eigenvalue weighted by Crippen LogP contribution is -2.42. The first kappa shape index (κ1) is 16.6. The van der Waals surface area contributed by atoms with E-state index in [0.717, 1.165) is 24.2 Å². The Labute approximate surface area is 152 Å². The summed E-state index contributed by atoms with van der Waals surface area (Å²) in [4.78, 5) is 19.0. The van der Waals surface area contributed by atoms with Crippen LogP contribution in [0.3, 0.4) is 0 Å². The largest absolute Gasteiger partial charge is 0.487 e. The van der Waals surface area contributed by atoms with Gasteiger partial charge in [-0.05, 0) is 43.2 Å². The molecule has 6 nitrogen and oxygen atoms in total. The maximum absolute atomic E-state index is 12.7. The normalized spacial score (nSPS) is 15.3. The molecule has 1 aliphatic heterocycles. The second-order valence-electron chi connectivity index (χ2n) is 6.64. The van der Waals surface area contributed by atoms with Gasteiger partial charge in [0, 0.05) is 37.1 Å². The summed E-state index contributed by atoms with van der Waals surface area (Å²) in [5, 5.41) is 0. The minimum absolute atomic E-state index is 0.0371. The Morgan fingerprint density at radius 2 is 2.04 bits per heavy atom. The standard InChI is InChI=1S/C20H22N4O2/c21-16-7-10-23(11-8-16)20(25)15-4-3-5-18(12-15)26-14-17-13-24-9-2-1-6-19(24)22-17/h1-6,9,12-13,16H,7-8,10-11,14,21H2. The topological polar surface area (TPSA) is 72.9 Å². The number of hydrogen-bond acceptors (Lipinski definition) is 4. The summed E-state index contributed by atoms with van der Waals surface area (Å²) in [6.45, 7) is 1.79.